The van der Waals surface area contributed by atoms with E-state index in [1.807, 2.05) is 6.92 Å². The van der Waals surface area contributed by atoms with E-state index < -0.39 is 0 Å². The Morgan fingerprint density at radius 3 is 1.86 bits per heavy atom. The van der Waals surface area contributed by atoms with Crippen molar-refractivity contribution in [1.82, 2.24) is 0 Å². The van der Waals surface area contributed by atoms with E-state index in [0.29, 0.717) is 17.7 Å². The number of rotatable bonds is 6. The molecule has 22 heavy (non-hydrogen) atoms. The third kappa shape index (κ3) is 4.54. The number of hydrogen-bond donors (Lipinski definition) is 0. The third-order valence-corrected chi connectivity index (χ3v) is 3.10. The number of nitrogens with zero attached hydrogens (tertiary/aromatic N) is 2. The van der Waals surface area contributed by atoms with E-state index in [1.165, 1.54) is 0 Å². The van der Waals surface area contributed by atoms with Crippen LogP contribution in [0.2, 0.25) is 0 Å². The van der Waals surface area contributed by atoms with Crippen LogP contribution in [-0.2, 0) is 0 Å². The summed E-state index contributed by atoms with van der Waals surface area (Å²) in [7, 11) is 0. The van der Waals surface area contributed by atoms with Gasteiger partial charge in [-0.3, -0.25) is 0 Å². The molecule has 0 fully saturated rings. The lowest BCUT2D eigenvalue weighted by Crippen LogP contribution is -2.15. The molecule has 0 N–H and O–H groups in total. The molecule has 0 amide bonds. The Balaban J connectivity index is 1.76. The predicted molar refractivity (Wildman–Crippen MR) is 82.5 cm³/mol. The molecule has 0 aliphatic rings. The smallest absolute Gasteiger partial charge is 0.119 e. The van der Waals surface area contributed by atoms with E-state index >= 15 is 0 Å². The molecule has 2 aromatic rings. The maximum absolute atomic E-state index is 8.74. The molecule has 4 nitrogen and oxygen atoms in total. The third-order valence-electron chi connectivity index (χ3n) is 3.10. The van der Waals surface area contributed by atoms with Crippen LogP contribution in [-0.4, -0.2) is 12.7 Å². The van der Waals surface area contributed by atoms with Gasteiger partial charge in [0.1, 0.15) is 11.5 Å². The number of benzene rings is 2. The first kappa shape index (κ1) is 15.4. The summed E-state index contributed by atoms with van der Waals surface area (Å²) < 4.78 is 11.4. The van der Waals surface area contributed by atoms with Gasteiger partial charge in [-0.2, -0.15) is 10.5 Å². The second-order valence-corrected chi connectivity index (χ2v) is 4.84. The lowest BCUT2D eigenvalue weighted by atomic mass is 10.2. The standard InChI is InChI=1S/C18H16N2O2/c1-14(22-18-8-4-16(13-20)5-9-18)10-11-21-17-6-2-15(12-19)3-7-17/h2-9,14H,10-11H2,1H3/t14-/m1/s1. The molecule has 4 heteroatoms. The highest BCUT2D eigenvalue weighted by molar-refractivity contribution is 5.35. The Morgan fingerprint density at radius 2 is 1.36 bits per heavy atom. The largest absolute Gasteiger partial charge is 0.493 e. The monoisotopic (exact) mass is 292 g/mol. The summed E-state index contributed by atoms with van der Waals surface area (Å²) >= 11 is 0. The van der Waals surface area contributed by atoms with Crippen LogP contribution in [0.15, 0.2) is 48.5 Å². The summed E-state index contributed by atoms with van der Waals surface area (Å²) in [4.78, 5) is 0. The van der Waals surface area contributed by atoms with Crippen molar-refractivity contribution in [3.63, 3.8) is 0 Å². The van der Waals surface area contributed by atoms with Crippen LogP contribution in [0, 0.1) is 22.7 Å². The molecule has 0 bridgehead atoms. The van der Waals surface area contributed by atoms with E-state index in [1.54, 1.807) is 48.5 Å². The molecular weight excluding hydrogens is 276 g/mol. The van der Waals surface area contributed by atoms with E-state index in [9.17, 15) is 0 Å². The molecular formula is C18H16N2O2. The zero-order valence-electron chi connectivity index (χ0n) is 12.3. The summed E-state index contributed by atoms with van der Waals surface area (Å²) in [5.74, 6) is 1.48. The van der Waals surface area contributed by atoms with Gasteiger partial charge >= 0.3 is 0 Å². The summed E-state index contributed by atoms with van der Waals surface area (Å²) in [6.45, 7) is 2.50. The molecule has 0 aliphatic carbocycles. The van der Waals surface area contributed by atoms with Gasteiger partial charge in [-0.05, 0) is 55.5 Å². The number of nitriles is 2. The zero-order valence-corrected chi connectivity index (χ0v) is 12.3. The summed E-state index contributed by atoms with van der Waals surface area (Å²) in [5, 5.41) is 17.5. The van der Waals surface area contributed by atoms with Crippen molar-refractivity contribution >= 4 is 0 Å². The quantitative estimate of drug-likeness (QED) is 0.814. The molecule has 2 rings (SSSR count). The topological polar surface area (TPSA) is 66.0 Å². The Labute approximate surface area is 130 Å². The molecule has 110 valence electrons. The van der Waals surface area contributed by atoms with Gasteiger partial charge in [0.2, 0.25) is 0 Å². The van der Waals surface area contributed by atoms with Crippen LogP contribution in [0.4, 0.5) is 0 Å². The molecule has 0 heterocycles. The van der Waals surface area contributed by atoms with Crippen LogP contribution in [0.25, 0.3) is 0 Å². The molecule has 0 aromatic heterocycles. The van der Waals surface area contributed by atoms with E-state index in [-0.39, 0.29) is 6.10 Å². The van der Waals surface area contributed by atoms with Crippen molar-refractivity contribution in [2.24, 2.45) is 0 Å². The summed E-state index contributed by atoms with van der Waals surface area (Å²) in [6, 6.07) is 18.2. The minimum atomic E-state index is 0.00585. The van der Waals surface area contributed by atoms with Gasteiger partial charge in [0, 0.05) is 6.42 Å². The molecule has 0 unspecified atom stereocenters. The highest BCUT2D eigenvalue weighted by Crippen LogP contribution is 2.16. The van der Waals surface area contributed by atoms with Crippen LogP contribution in [0.3, 0.4) is 0 Å². The number of hydrogen-bond acceptors (Lipinski definition) is 4. The Bertz CT molecular complexity index is 679. The average molecular weight is 292 g/mol. The lowest BCUT2D eigenvalue weighted by Gasteiger charge is -2.15. The Hall–Kier alpha value is -2.98. The first-order chi connectivity index (χ1) is 10.7. The summed E-state index contributed by atoms with van der Waals surface area (Å²) in [5.41, 5.74) is 1.23. The van der Waals surface area contributed by atoms with Crippen LogP contribution in [0.1, 0.15) is 24.5 Å². The van der Waals surface area contributed by atoms with Gasteiger partial charge in [0.05, 0.1) is 36.0 Å². The van der Waals surface area contributed by atoms with Crippen molar-refractivity contribution in [1.29, 1.82) is 10.5 Å². The Kier molecular flexibility index (Phi) is 5.40. The van der Waals surface area contributed by atoms with Gasteiger partial charge in [-0.15, -0.1) is 0 Å². The zero-order chi connectivity index (χ0) is 15.8. The molecule has 0 aliphatic heterocycles. The van der Waals surface area contributed by atoms with Crippen LogP contribution < -0.4 is 9.47 Å². The predicted octanol–water partition coefficient (Wildman–Crippen LogP) is 3.67. The molecule has 0 radical (unpaired) electrons. The van der Waals surface area contributed by atoms with Gasteiger partial charge in [-0.25, -0.2) is 0 Å². The first-order valence-electron chi connectivity index (χ1n) is 7.01. The molecule has 0 saturated carbocycles. The highest BCUT2D eigenvalue weighted by atomic mass is 16.5. The molecule has 0 spiro atoms. The minimum Gasteiger partial charge on any atom is -0.493 e. The maximum Gasteiger partial charge on any atom is 0.119 e. The normalized spacial score (nSPS) is 11.0. The van der Waals surface area contributed by atoms with Crippen molar-refractivity contribution in [2.75, 3.05) is 6.61 Å². The van der Waals surface area contributed by atoms with Gasteiger partial charge < -0.3 is 9.47 Å². The van der Waals surface area contributed by atoms with E-state index in [2.05, 4.69) is 12.1 Å². The van der Waals surface area contributed by atoms with E-state index in [4.69, 9.17) is 20.0 Å². The fourth-order valence-corrected chi connectivity index (χ4v) is 1.87. The SMILES string of the molecule is C[C@H](CCOc1ccc(C#N)cc1)Oc1ccc(C#N)cc1. The molecule has 2 aromatic carbocycles. The lowest BCUT2D eigenvalue weighted by molar-refractivity contribution is 0.177. The summed E-state index contributed by atoms with van der Waals surface area (Å²) in [6.07, 6.45) is 0.742. The molecule has 0 saturated heterocycles. The van der Waals surface area contributed by atoms with Crippen molar-refractivity contribution in [3.05, 3.63) is 59.7 Å². The Morgan fingerprint density at radius 1 is 0.864 bits per heavy atom. The van der Waals surface area contributed by atoms with Crippen molar-refractivity contribution in [2.45, 2.75) is 19.4 Å². The van der Waals surface area contributed by atoms with Gasteiger partial charge in [0.25, 0.3) is 0 Å². The van der Waals surface area contributed by atoms with Gasteiger partial charge in [-0.1, -0.05) is 0 Å². The molecule has 1 atom stereocenters. The second-order valence-electron chi connectivity index (χ2n) is 4.84. The van der Waals surface area contributed by atoms with Crippen LogP contribution in [0.5, 0.6) is 11.5 Å². The van der Waals surface area contributed by atoms with Crippen molar-refractivity contribution in [3.8, 4) is 23.6 Å². The maximum atomic E-state index is 8.74. The second kappa shape index (κ2) is 7.71. The fraction of sp³-hybridized carbons (Fsp3) is 0.222. The highest BCUT2D eigenvalue weighted by Gasteiger charge is 2.05. The van der Waals surface area contributed by atoms with Crippen molar-refractivity contribution < 1.29 is 9.47 Å². The fourth-order valence-electron chi connectivity index (χ4n) is 1.87. The van der Waals surface area contributed by atoms with Gasteiger partial charge in [0.15, 0.2) is 0 Å². The average Bonchev–Trinajstić information content (AvgIpc) is 2.56. The number of ether oxygens (including phenoxy) is 2. The van der Waals surface area contributed by atoms with E-state index in [0.717, 1.165) is 17.9 Å². The minimum absolute atomic E-state index is 0.00585. The van der Waals surface area contributed by atoms with Crippen LogP contribution >= 0.6 is 0 Å². The first-order valence-corrected chi connectivity index (χ1v) is 7.01.